The number of carbonyl (C=O) groups is 2. The smallest absolute Gasteiger partial charge is 0.251 e. The molecule has 0 radical (unpaired) electrons. The van der Waals surface area contributed by atoms with Crippen molar-refractivity contribution in [1.29, 1.82) is 0 Å². The summed E-state index contributed by atoms with van der Waals surface area (Å²) in [5.74, 6) is -2.47. The van der Waals surface area contributed by atoms with E-state index in [0.29, 0.717) is 17.2 Å². The summed E-state index contributed by atoms with van der Waals surface area (Å²) in [4.78, 5) is 30.9. The molecular formula is C26H26F2N6O3S. The number of benzene rings is 1. The number of primary amides is 1. The second kappa shape index (κ2) is 10.3. The van der Waals surface area contributed by atoms with E-state index < -0.39 is 23.1 Å². The third-order valence-corrected chi connectivity index (χ3v) is 6.89. The Kier molecular flexibility index (Phi) is 7.29. The summed E-state index contributed by atoms with van der Waals surface area (Å²) >= 11 is 0.923. The molecule has 198 valence electrons. The van der Waals surface area contributed by atoms with Crippen molar-refractivity contribution in [2.24, 2.45) is 12.8 Å². The number of rotatable bonds is 8. The van der Waals surface area contributed by atoms with E-state index in [-0.39, 0.29) is 38.9 Å². The molecule has 1 aromatic carbocycles. The molecule has 0 bridgehead atoms. The number of nitrogens with one attached hydrogen (secondary N) is 1. The third-order valence-electron chi connectivity index (χ3n) is 5.83. The lowest BCUT2D eigenvalue weighted by molar-refractivity contribution is -0.117. The lowest BCUT2D eigenvalue weighted by Gasteiger charge is -2.18. The SMILES string of the molecule is CN(C(=O)Cc1cccc(Nc2sc(-c3c(F)cc(C(C)(C)O)cc3F)cc2C(N)=O)n1)c1cnn(C)c1. The van der Waals surface area contributed by atoms with Gasteiger partial charge in [-0.25, -0.2) is 13.8 Å². The summed E-state index contributed by atoms with van der Waals surface area (Å²) in [6.07, 6.45) is 3.29. The Bertz CT molecular complexity index is 1500. The fraction of sp³-hybridized carbons (Fsp3) is 0.231. The minimum atomic E-state index is -1.44. The minimum absolute atomic E-state index is 0.00323. The van der Waals surface area contributed by atoms with Crippen LogP contribution in [0.3, 0.4) is 0 Å². The second-order valence-electron chi connectivity index (χ2n) is 9.23. The number of thiophene rings is 1. The number of halogens is 2. The molecule has 0 atom stereocenters. The molecule has 3 aromatic heterocycles. The van der Waals surface area contributed by atoms with Crippen LogP contribution in [0.2, 0.25) is 0 Å². The molecule has 4 rings (SSSR count). The van der Waals surface area contributed by atoms with E-state index >= 15 is 0 Å². The number of nitrogens with zero attached hydrogens (tertiary/aromatic N) is 4. The number of hydrogen-bond acceptors (Lipinski definition) is 7. The van der Waals surface area contributed by atoms with Gasteiger partial charge in [0.2, 0.25) is 5.91 Å². The first kappa shape index (κ1) is 26.9. The fourth-order valence-electron chi connectivity index (χ4n) is 3.71. The van der Waals surface area contributed by atoms with Crippen molar-refractivity contribution in [3.05, 3.63) is 77.2 Å². The summed E-state index contributed by atoms with van der Waals surface area (Å²) in [7, 11) is 3.39. The van der Waals surface area contributed by atoms with E-state index in [9.17, 15) is 23.5 Å². The van der Waals surface area contributed by atoms with Gasteiger partial charge in [-0.05, 0) is 49.7 Å². The van der Waals surface area contributed by atoms with Gasteiger partial charge in [-0.2, -0.15) is 5.10 Å². The third kappa shape index (κ3) is 5.71. The van der Waals surface area contributed by atoms with E-state index in [2.05, 4.69) is 15.4 Å². The van der Waals surface area contributed by atoms with Crippen molar-refractivity contribution in [3.63, 3.8) is 0 Å². The number of likely N-dealkylation sites (N-methyl/N-ethyl adjacent to an activating group) is 1. The summed E-state index contributed by atoms with van der Waals surface area (Å²) in [5.41, 5.74) is 4.95. The van der Waals surface area contributed by atoms with Crippen LogP contribution in [0.4, 0.5) is 25.3 Å². The van der Waals surface area contributed by atoms with Gasteiger partial charge in [0.25, 0.3) is 5.91 Å². The largest absolute Gasteiger partial charge is 0.386 e. The maximum atomic E-state index is 14.9. The van der Waals surface area contributed by atoms with Crippen LogP contribution in [0.5, 0.6) is 0 Å². The van der Waals surface area contributed by atoms with Gasteiger partial charge in [-0.1, -0.05) is 6.07 Å². The van der Waals surface area contributed by atoms with Gasteiger partial charge in [0.1, 0.15) is 22.5 Å². The number of carbonyl (C=O) groups excluding carboxylic acids is 2. The molecule has 0 fully saturated rings. The number of aromatic nitrogens is 3. The van der Waals surface area contributed by atoms with Crippen LogP contribution in [0, 0.1) is 11.6 Å². The van der Waals surface area contributed by atoms with Crippen LogP contribution >= 0.6 is 11.3 Å². The number of aryl methyl sites for hydroxylation is 1. The van der Waals surface area contributed by atoms with Crippen LogP contribution in [-0.4, -0.2) is 38.7 Å². The Hall–Kier alpha value is -4.16. The molecule has 0 saturated carbocycles. The fourth-order valence-corrected chi connectivity index (χ4v) is 4.83. The first-order valence-corrected chi connectivity index (χ1v) is 12.3. The number of hydrogen-bond donors (Lipinski definition) is 3. The molecular weight excluding hydrogens is 514 g/mol. The molecule has 0 spiro atoms. The zero-order chi connectivity index (χ0) is 27.8. The van der Waals surface area contributed by atoms with Crippen LogP contribution in [0.1, 0.15) is 35.5 Å². The molecule has 3 heterocycles. The average molecular weight is 541 g/mol. The first-order chi connectivity index (χ1) is 17.8. The normalized spacial score (nSPS) is 11.4. The maximum absolute atomic E-state index is 14.9. The summed E-state index contributed by atoms with van der Waals surface area (Å²) < 4.78 is 31.4. The number of pyridine rings is 1. The molecule has 38 heavy (non-hydrogen) atoms. The minimum Gasteiger partial charge on any atom is -0.386 e. The number of amides is 2. The molecule has 2 amide bonds. The molecule has 0 unspecified atom stereocenters. The zero-order valence-electron chi connectivity index (χ0n) is 21.1. The molecule has 12 heteroatoms. The van der Waals surface area contributed by atoms with Crippen molar-refractivity contribution in [3.8, 4) is 10.4 Å². The highest BCUT2D eigenvalue weighted by Gasteiger charge is 2.24. The zero-order valence-corrected chi connectivity index (χ0v) is 21.9. The first-order valence-electron chi connectivity index (χ1n) is 11.5. The van der Waals surface area contributed by atoms with Crippen LogP contribution in [0.15, 0.2) is 48.8 Å². The van der Waals surface area contributed by atoms with Gasteiger partial charge < -0.3 is 21.1 Å². The van der Waals surface area contributed by atoms with Gasteiger partial charge >= 0.3 is 0 Å². The Morgan fingerprint density at radius 1 is 1.21 bits per heavy atom. The number of anilines is 3. The van der Waals surface area contributed by atoms with E-state index in [4.69, 9.17) is 5.73 Å². The summed E-state index contributed by atoms with van der Waals surface area (Å²) in [6, 6.07) is 8.41. The van der Waals surface area contributed by atoms with Crippen LogP contribution in [0.25, 0.3) is 10.4 Å². The van der Waals surface area contributed by atoms with Gasteiger partial charge in [-0.3, -0.25) is 14.3 Å². The number of aliphatic hydroxyl groups is 1. The van der Waals surface area contributed by atoms with Crippen molar-refractivity contribution in [2.75, 3.05) is 17.3 Å². The Balaban J connectivity index is 1.60. The maximum Gasteiger partial charge on any atom is 0.251 e. The molecule has 4 N–H and O–H groups in total. The lowest BCUT2D eigenvalue weighted by Crippen LogP contribution is -2.27. The molecule has 0 aliphatic heterocycles. The van der Waals surface area contributed by atoms with E-state index in [1.165, 1.54) is 24.8 Å². The molecule has 4 aromatic rings. The van der Waals surface area contributed by atoms with Gasteiger partial charge in [0.05, 0.1) is 40.7 Å². The van der Waals surface area contributed by atoms with Crippen molar-refractivity contribution in [1.82, 2.24) is 14.8 Å². The number of nitrogens with two attached hydrogens (primary N) is 1. The van der Waals surface area contributed by atoms with Crippen molar-refractivity contribution < 1.29 is 23.5 Å². The van der Waals surface area contributed by atoms with E-state index in [0.717, 1.165) is 23.5 Å². The van der Waals surface area contributed by atoms with Gasteiger partial charge in [0.15, 0.2) is 0 Å². The molecule has 0 saturated heterocycles. The molecule has 0 aliphatic carbocycles. The lowest BCUT2D eigenvalue weighted by atomic mass is 9.96. The molecule has 9 nitrogen and oxygen atoms in total. The quantitative estimate of drug-likeness (QED) is 0.309. The van der Waals surface area contributed by atoms with Gasteiger partial charge in [-0.15, -0.1) is 11.3 Å². The van der Waals surface area contributed by atoms with E-state index in [1.807, 2.05) is 0 Å². The Morgan fingerprint density at radius 3 is 2.47 bits per heavy atom. The van der Waals surface area contributed by atoms with Crippen LogP contribution in [-0.2, 0) is 23.9 Å². The van der Waals surface area contributed by atoms with Crippen molar-refractivity contribution in [2.45, 2.75) is 25.9 Å². The topological polar surface area (TPSA) is 126 Å². The predicted octanol–water partition coefficient (Wildman–Crippen LogP) is 4.10. The predicted molar refractivity (Wildman–Crippen MR) is 141 cm³/mol. The van der Waals surface area contributed by atoms with Gasteiger partial charge in [0, 0.05) is 25.2 Å². The second-order valence-corrected chi connectivity index (χ2v) is 10.3. The highest BCUT2D eigenvalue weighted by atomic mass is 32.1. The Morgan fingerprint density at radius 2 is 1.89 bits per heavy atom. The Labute approximate surface area is 221 Å². The molecule has 0 aliphatic rings. The standard InChI is InChI=1S/C26H26F2N6O3S/c1-26(2,37)14-8-18(27)23(19(28)9-14)20-11-17(24(29)36)25(38-20)32-21-7-5-6-15(31-21)10-22(35)34(4)16-12-30-33(3)13-16/h5-9,11-13,37H,10H2,1-4H3,(H2,29,36)(H,31,32). The summed E-state index contributed by atoms with van der Waals surface area (Å²) in [5, 5.41) is 17.4. The van der Waals surface area contributed by atoms with Crippen molar-refractivity contribution >= 4 is 39.7 Å². The van der Waals surface area contributed by atoms with Crippen LogP contribution < -0.4 is 16.0 Å². The summed E-state index contributed by atoms with van der Waals surface area (Å²) in [6.45, 7) is 2.84. The highest BCUT2D eigenvalue weighted by Crippen LogP contribution is 2.40. The van der Waals surface area contributed by atoms with E-state index in [1.54, 1.807) is 49.4 Å². The monoisotopic (exact) mass is 540 g/mol. The highest BCUT2D eigenvalue weighted by molar-refractivity contribution is 7.20. The average Bonchev–Trinajstić information content (AvgIpc) is 3.44.